The SMILES string of the molecule is Cc1cc2c(cc1S(=O)(=O)Cl)S(=O)(=O)CCC2(C)C. The first-order chi connectivity index (χ1) is 8.45. The second-order valence-corrected chi connectivity index (χ2v) is 10.1. The highest BCUT2D eigenvalue weighted by molar-refractivity contribution is 8.13. The number of rotatable bonds is 1. The molecule has 106 valence electrons. The summed E-state index contributed by atoms with van der Waals surface area (Å²) in [7, 11) is -2.03. The topological polar surface area (TPSA) is 68.3 Å². The maximum atomic E-state index is 12.1. The molecule has 7 heteroatoms. The minimum atomic E-state index is -3.95. The summed E-state index contributed by atoms with van der Waals surface area (Å²) in [6, 6.07) is 2.82. The highest BCUT2D eigenvalue weighted by Crippen LogP contribution is 2.40. The molecule has 19 heavy (non-hydrogen) atoms. The molecule has 1 aromatic carbocycles. The van der Waals surface area contributed by atoms with Crippen molar-refractivity contribution in [1.82, 2.24) is 0 Å². The fourth-order valence-electron chi connectivity index (χ4n) is 2.35. The molecule has 0 amide bonds. The first kappa shape index (κ1) is 14.8. The van der Waals surface area contributed by atoms with E-state index in [1.807, 2.05) is 13.8 Å². The van der Waals surface area contributed by atoms with Crippen molar-refractivity contribution in [2.45, 2.75) is 42.4 Å². The smallest absolute Gasteiger partial charge is 0.224 e. The molecule has 1 aliphatic heterocycles. The van der Waals surface area contributed by atoms with Crippen molar-refractivity contribution in [3.8, 4) is 0 Å². The molecule has 0 atom stereocenters. The zero-order valence-corrected chi connectivity index (χ0v) is 13.3. The van der Waals surface area contributed by atoms with Gasteiger partial charge in [0, 0.05) is 10.7 Å². The van der Waals surface area contributed by atoms with Crippen LogP contribution in [0.15, 0.2) is 21.9 Å². The molecule has 1 heterocycles. The summed E-state index contributed by atoms with van der Waals surface area (Å²) >= 11 is 0. The van der Waals surface area contributed by atoms with Crippen molar-refractivity contribution in [3.63, 3.8) is 0 Å². The standard InChI is InChI=1S/C12H15ClO4S2/c1-8-6-9-11(7-10(8)19(13,16)17)18(14,15)5-4-12(9,2)3/h6-7H,4-5H2,1-3H3. The highest BCUT2D eigenvalue weighted by atomic mass is 35.7. The van der Waals surface area contributed by atoms with Gasteiger partial charge in [-0.2, -0.15) is 0 Å². The molecule has 0 N–H and O–H groups in total. The average molecular weight is 323 g/mol. The van der Waals surface area contributed by atoms with E-state index in [1.165, 1.54) is 6.07 Å². The number of sulfone groups is 1. The van der Waals surface area contributed by atoms with Crippen molar-refractivity contribution in [2.75, 3.05) is 5.75 Å². The van der Waals surface area contributed by atoms with Gasteiger partial charge >= 0.3 is 0 Å². The molecular formula is C12H15ClO4S2. The number of benzene rings is 1. The summed E-state index contributed by atoms with van der Waals surface area (Å²) in [6.07, 6.45) is 0.523. The van der Waals surface area contributed by atoms with Crippen molar-refractivity contribution < 1.29 is 16.8 Å². The van der Waals surface area contributed by atoms with E-state index in [9.17, 15) is 16.8 Å². The fraction of sp³-hybridized carbons (Fsp3) is 0.500. The second-order valence-electron chi connectivity index (χ2n) is 5.50. The maximum absolute atomic E-state index is 12.1. The van der Waals surface area contributed by atoms with Gasteiger partial charge in [0.1, 0.15) is 0 Å². The number of fused-ring (bicyclic) bond motifs is 1. The molecule has 1 aromatic rings. The summed E-state index contributed by atoms with van der Waals surface area (Å²) in [6.45, 7) is 5.52. The first-order valence-corrected chi connectivity index (χ1v) is 9.74. The largest absolute Gasteiger partial charge is 0.261 e. The predicted molar refractivity (Wildman–Crippen MR) is 73.9 cm³/mol. The van der Waals surface area contributed by atoms with E-state index in [0.29, 0.717) is 17.5 Å². The fourth-order valence-corrected chi connectivity index (χ4v) is 5.59. The lowest BCUT2D eigenvalue weighted by molar-refractivity contribution is 0.471. The molecule has 0 aromatic heterocycles. The van der Waals surface area contributed by atoms with E-state index in [0.717, 1.165) is 0 Å². The third-order valence-corrected chi connectivity index (χ3v) is 6.81. The minimum absolute atomic E-state index is 0.0256. The molecule has 0 saturated carbocycles. The monoisotopic (exact) mass is 322 g/mol. The zero-order valence-electron chi connectivity index (χ0n) is 10.9. The van der Waals surface area contributed by atoms with Crippen LogP contribution in [0.2, 0.25) is 0 Å². The first-order valence-electron chi connectivity index (χ1n) is 5.78. The third-order valence-electron chi connectivity index (χ3n) is 3.60. The van der Waals surface area contributed by atoms with E-state index in [4.69, 9.17) is 10.7 Å². The lowest BCUT2D eigenvalue weighted by Crippen LogP contribution is -2.30. The molecule has 0 bridgehead atoms. The lowest BCUT2D eigenvalue weighted by atomic mass is 9.81. The summed E-state index contributed by atoms with van der Waals surface area (Å²) < 4.78 is 47.2. The third kappa shape index (κ3) is 2.53. The van der Waals surface area contributed by atoms with Gasteiger partial charge in [-0.25, -0.2) is 16.8 Å². The minimum Gasteiger partial charge on any atom is -0.224 e. The van der Waals surface area contributed by atoms with Crippen LogP contribution in [-0.2, 0) is 24.3 Å². The van der Waals surface area contributed by atoms with Gasteiger partial charge in [0.05, 0.1) is 15.5 Å². The Balaban J connectivity index is 2.88. The van der Waals surface area contributed by atoms with Crippen LogP contribution in [0.25, 0.3) is 0 Å². The van der Waals surface area contributed by atoms with Crippen LogP contribution < -0.4 is 0 Å². The van der Waals surface area contributed by atoms with Gasteiger partial charge in [-0.05, 0) is 36.0 Å². The molecular weight excluding hydrogens is 308 g/mol. The van der Waals surface area contributed by atoms with Crippen LogP contribution >= 0.6 is 10.7 Å². The molecule has 2 rings (SSSR count). The van der Waals surface area contributed by atoms with E-state index in [2.05, 4.69) is 0 Å². The normalized spacial score (nSPS) is 20.8. The second kappa shape index (κ2) is 4.20. The van der Waals surface area contributed by atoms with Crippen LogP contribution in [0, 0.1) is 6.92 Å². The summed E-state index contributed by atoms with van der Waals surface area (Å²) in [5.41, 5.74) is 0.847. The molecule has 0 aliphatic carbocycles. The lowest BCUT2D eigenvalue weighted by Gasteiger charge is -2.32. The quantitative estimate of drug-likeness (QED) is 0.744. The number of halogens is 1. The van der Waals surface area contributed by atoms with Crippen LogP contribution in [0.3, 0.4) is 0 Å². The van der Waals surface area contributed by atoms with Gasteiger partial charge in [-0.3, -0.25) is 0 Å². The Morgan fingerprint density at radius 1 is 1.26 bits per heavy atom. The summed E-state index contributed by atoms with van der Waals surface area (Å²) in [5.74, 6) is 0.0256. The molecule has 0 radical (unpaired) electrons. The summed E-state index contributed by atoms with van der Waals surface area (Å²) in [4.78, 5) is -0.0391. The maximum Gasteiger partial charge on any atom is 0.261 e. The Morgan fingerprint density at radius 3 is 2.37 bits per heavy atom. The van der Waals surface area contributed by atoms with Gasteiger partial charge in [-0.15, -0.1) is 0 Å². The Morgan fingerprint density at radius 2 is 1.84 bits per heavy atom. The Bertz CT molecular complexity index is 746. The molecule has 0 fully saturated rings. The molecule has 0 unspecified atom stereocenters. The van der Waals surface area contributed by atoms with E-state index >= 15 is 0 Å². The van der Waals surface area contributed by atoms with Crippen LogP contribution in [0.5, 0.6) is 0 Å². The van der Waals surface area contributed by atoms with Gasteiger partial charge in [0.2, 0.25) is 0 Å². The number of aryl methyl sites for hydroxylation is 1. The highest BCUT2D eigenvalue weighted by Gasteiger charge is 2.36. The average Bonchev–Trinajstić information content (AvgIpc) is 2.23. The van der Waals surface area contributed by atoms with Gasteiger partial charge in [0.15, 0.2) is 9.84 Å². The number of hydrogen-bond acceptors (Lipinski definition) is 4. The number of hydrogen-bond donors (Lipinski definition) is 0. The van der Waals surface area contributed by atoms with Gasteiger partial charge in [0.25, 0.3) is 9.05 Å². The van der Waals surface area contributed by atoms with Crippen molar-refractivity contribution in [3.05, 3.63) is 23.3 Å². The molecule has 0 spiro atoms. The van der Waals surface area contributed by atoms with Crippen molar-refractivity contribution in [2.24, 2.45) is 0 Å². The van der Waals surface area contributed by atoms with Crippen LogP contribution in [-0.4, -0.2) is 22.6 Å². The Kier molecular flexibility index (Phi) is 3.27. The van der Waals surface area contributed by atoms with Crippen molar-refractivity contribution >= 4 is 29.6 Å². The van der Waals surface area contributed by atoms with Crippen molar-refractivity contribution in [1.29, 1.82) is 0 Å². The summed E-state index contributed by atoms with van der Waals surface area (Å²) in [5, 5.41) is 0. The van der Waals surface area contributed by atoms with Crippen LogP contribution in [0.4, 0.5) is 0 Å². The molecule has 1 aliphatic rings. The predicted octanol–water partition coefficient (Wildman–Crippen LogP) is 2.38. The molecule has 4 nitrogen and oxygen atoms in total. The Hall–Kier alpha value is -0.590. The van der Waals surface area contributed by atoms with E-state index < -0.39 is 18.9 Å². The van der Waals surface area contributed by atoms with Crippen LogP contribution in [0.1, 0.15) is 31.4 Å². The Labute approximate surface area is 118 Å². The van der Waals surface area contributed by atoms with Gasteiger partial charge < -0.3 is 0 Å². The van der Waals surface area contributed by atoms with Gasteiger partial charge in [-0.1, -0.05) is 19.9 Å². The molecule has 0 saturated heterocycles. The zero-order chi connectivity index (χ0) is 14.6. The van der Waals surface area contributed by atoms with E-state index in [-0.39, 0.29) is 21.0 Å². The van der Waals surface area contributed by atoms with E-state index in [1.54, 1.807) is 13.0 Å².